The fourth-order valence-electron chi connectivity index (χ4n) is 4.38. The molecule has 0 radical (unpaired) electrons. The van der Waals surface area contributed by atoms with Crippen LogP contribution in [0.1, 0.15) is 30.5 Å². The Balaban J connectivity index is 1.55. The average molecular weight is 442 g/mol. The van der Waals surface area contributed by atoms with Crippen LogP contribution in [0.4, 0.5) is 4.39 Å². The predicted octanol–water partition coefficient (Wildman–Crippen LogP) is 5.27. The Kier molecular flexibility index (Phi) is 5.46. The molecule has 0 N–H and O–H groups in total. The van der Waals surface area contributed by atoms with Crippen molar-refractivity contribution in [1.82, 2.24) is 19.9 Å². The second kappa shape index (κ2) is 8.58. The lowest BCUT2D eigenvalue weighted by molar-refractivity contribution is -0.127. The van der Waals surface area contributed by atoms with E-state index in [0.717, 1.165) is 46.3 Å². The second-order valence-electron chi connectivity index (χ2n) is 8.29. The molecule has 2 aromatic heterocycles. The number of carbonyl (C=O) groups excluding carboxylic acids is 1. The van der Waals surface area contributed by atoms with E-state index in [1.807, 2.05) is 24.0 Å². The van der Waals surface area contributed by atoms with Crippen LogP contribution in [0.5, 0.6) is 11.6 Å². The summed E-state index contributed by atoms with van der Waals surface area (Å²) in [7, 11) is 0. The van der Waals surface area contributed by atoms with Crippen molar-refractivity contribution in [1.29, 1.82) is 0 Å². The summed E-state index contributed by atoms with van der Waals surface area (Å²) in [6, 6.07) is 14.2. The van der Waals surface area contributed by atoms with Gasteiger partial charge in [0, 0.05) is 49.3 Å². The Morgan fingerprint density at radius 2 is 1.97 bits per heavy atom. The number of halogens is 1. The van der Waals surface area contributed by atoms with Crippen molar-refractivity contribution in [3.8, 4) is 22.8 Å². The van der Waals surface area contributed by atoms with Crippen LogP contribution < -0.4 is 4.74 Å². The van der Waals surface area contributed by atoms with Crippen LogP contribution in [0.3, 0.4) is 0 Å². The lowest BCUT2D eigenvalue weighted by atomic mass is 9.91. The Morgan fingerprint density at radius 1 is 1.09 bits per heavy atom. The van der Waals surface area contributed by atoms with Gasteiger partial charge in [-0.2, -0.15) is 0 Å². The highest BCUT2D eigenvalue weighted by Crippen LogP contribution is 2.37. The number of ether oxygens (including phenoxy) is 1. The SMILES string of the molecule is CC(=O)N1CCC(c2cc(-c3ccc(Oc4ccccn4)c(F)c3)cc3c(C)ncnc23)C1. The normalized spacial score (nSPS) is 15.7. The molecule has 1 amide bonds. The fraction of sp³-hybridized carbons (Fsp3) is 0.231. The van der Waals surface area contributed by atoms with Gasteiger partial charge in [-0.05, 0) is 60.4 Å². The molecule has 1 unspecified atom stereocenters. The molecule has 1 atom stereocenters. The maximum absolute atomic E-state index is 14.9. The van der Waals surface area contributed by atoms with Gasteiger partial charge < -0.3 is 9.64 Å². The summed E-state index contributed by atoms with van der Waals surface area (Å²) in [5.41, 5.74) is 4.41. The van der Waals surface area contributed by atoms with Crippen molar-refractivity contribution in [3.05, 3.63) is 78.1 Å². The highest BCUT2D eigenvalue weighted by Gasteiger charge is 2.28. The highest BCUT2D eigenvalue weighted by molar-refractivity contribution is 5.89. The number of hydrogen-bond donors (Lipinski definition) is 0. The Morgan fingerprint density at radius 3 is 2.70 bits per heavy atom. The van der Waals surface area contributed by atoms with E-state index in [2.05, 4.69) is 21.0 Å². The number of amides is 1. The fourth-order valence-corrected chi connectivity index (χ4v) is 4.38. The molecule has 0 saturated carbocycles. The number of carbonyl (C=O) groups is 1. The van der Waals surface area contributed by atoms with E-state index in [4.69, 9.17) is 4.74 Å². The standard InChI is InChI=1S/C26H23FN4O2/c1-16-21-11-20(18-6-7-24(23(27)13-18)33-25-5-3-4-9-28-25)12-22(26(21)30-15-29-16)19-8-10-31(14-19)17(2)32/h3-7,9,11-13,15,19H,8,10,14H2,1-2H3. The Labute approximate surface area is 191 Å². The van der Waals surface area contributed by atoms with Gasteiger partial charge in [0.15, 0.2) is 11.6 Å². The van der Waals surface area contributed by atoms with Gasteiger partial charge in [-0.1, -0.05) is 12.1 Å². The molecule has 2 aromatic carbocycles. The number of aryl methyl sites for hydroxylation is 1. The lowest BCUT2D eigenvalue weighted by Crippen LogP contribution is -2.25. The summed E-state index contributed by atoms with van der Waals surface area (Å²) in [6.45, 7) is 4.92. The number of aromatic nitrogens is 3. The first-order valence-corrected chi connectivity index (χ1v) is 10.9. The van der Waals surface area contributed by atoms with Gasteiger partial charge in [0.1, 0.15) is 6.33 Å². The van der Waals surface area contributed by atoms with Crippen molar-refractivity contribution < 1.29 is 13.9 Å². The van der Waals surface area contributed by atoms with Crippen LogP contribution in [0.2, 0.25) is 0 Å². The number of hydrogen-bond acceptors (Lipinski definition) is 5. The van der Waals surface area contributed by atoms with Crippen LogP contribution in [0, 0.1) is 12.7 Å². The van der Waals surface area contributed by atoms with Crippen LogP contribution in [0.25, 0.3) is 22.0 Å². The summed E-state index contributed by atoms with van der Waals surface area (Å²) >= 11 is 0. The maximum atomic E-state index is 14.9. The molecule has 1 fully saturated rings. The summed E-state index contributed by atoms with van der Waals surface area (Å²) in [5, 5.41) is 0.931. The Bertz CT molecular complexity index is 1340. The summed E-state index contributed by atoms with van der Waals surface area (Å²) < 4.78 is 20.5. The third-order valence-corrected chi connectivity index (χ3v) is 6.16. The predicted molar refractivity (Wildman–Crippen MR) is 124 cm³/mol. The van der Waals surface area contributed by atoms with Crippen molar-refractivity contribution in [2.75, 3.05) is 13.1 Å². The first-order valence-electron chi connectivity index (χ1n) is 10.9. The molecule has 33 heavy (non-hydrogen) atoms. The molecule has 1 aliphatic heterocycles. The van der Waals surface area contributed by atoms with E-state index in [1.165, 1.54) is 6.07 Å². The van der Waals surface area contributed by atoms with Crippen molar-refractivity contribution >= 4 is 16.8 Å². The van der Waals surface area contributed by atoms with Gasteiger partial charge >= 0.3 is 0 Å². The molecule has 5 rings (SSSR count). The van der Waals surface area contributed by atoms with Gasteiger partial charge in [0.25, 0.3) is 0 Å². The first-order chi connectivity index (χ1) is 16.0. The molecule has 0 spiro atoms. The van der Waals surface area contributed by atoms with Crippen molar-refractivity contribution in [2.45, 2.75) is 26.2 Å². The van der Waals surface area contributed by atoms with Crippen molar-refractivity contribution in [3.63, 3.8) is 0 Å². The second-order valence-corrected chi connectivity index (χ2v) is 8.29. The molecule has 3 heterocycles. The first kappa shape index (κ1) is 21.0. The van der Waals surface area contributed by atoms with E-state index in [-0.39, 0.29) is 17.6 Å². The molecule has 0 aliphatic carbocycles. The molecule has 4 aromatic rings. The van der Waals surface area contributed by atoms with Gasteiger partial charge in [0.2, 0.25) is 11.8 Å². The topological polar surface area (TPSA) is 68.2 Å². The lowest BCUT2D eigenvalue weighted by Gasteiger charge is -2.17. The zero-order valence-electron chi connectivity index (χ0n) is 18.5. The largest absolute Gasteiger partial charge is 0.436 e. The summed E-state index contributed by atoms with van der Waals surface area (Å²) in [6.07, 6.45) is 4.03. The molecule has 7 heteroatoms. The summed E-state index contributed by atoms with van der Waals surface area (Å²) in [5.74, 6) is 0.230. The monoisotopic (exact) mass is 442 g/mol. The zero-order valence-corrected chi connectivity index (χ0v) is 18.5. The molecule has 6 nitrogen and oxygen atoms in total. The van der Waals surface area contributed by atoms with E-state index < -0.39 is 5.82 Å². The van der Waals surface area contributed by atoms with E-state index in [0.29, 0.717) is 12.4 Å². The van der Waals surface area contributed by atoms with Gasteiger partial charge in [0.05, 0.1) is 5.52 Å². The smallest absolute Gasteiger partial charge is 0.219 e. The maximum Gasteiger partial charge on any atom is 0.219 e. The quantitative estimate of drug-likeness (QED) is 0.431. The van der Waals surface area contributed by atoms with Gasteiger partial charge in [-0.3, -0.25) is 4.79 Å². The molecule has 0 bridgehead atoms. The van der Waals surface area contributed by atoms with E-state index in [1.54, 1.807) is 43.7 Å². The molecular formula is C26H23FN4O2. The van der Waals surface area contributed by atoms with Crippen LogP contribution >= 0.6 is 0 Å². The number of rotatable bonds is 4. The zero-order chi connectivity index (χ0) is 22.9. The third-order valence-electron chi connectivity index (χ3n) is 6.16. The average Bonchev–Trinajstić information content (AvgIpc) is 3.31. The third kappa shape index (κ3) is 4.14. The van der Waals surface area contributed by atoms with E-state index >= 15 is 0 Å². The number of likely N-dealkylation sites (tertiary alicyclic amines) is 1. The van der Waals surface area contributed by atoms with Crippen LogP contribution in [-0.4, -0.2) is 38.8 Å². The highest BCUT2D eigenvalue weighted by atomic mass is 19.1. The van der Waals surface area contributed by atoms with Crippen LogP contribution in [0.15, 0.2) is 61.1 Å². The molecule has 1 aliphatic rings. The minimum Gasteiger partial charge on any atom is -0.436 e. The van der Waals surface area contributed by atoms with Gasteiger partial charge in [-0.25, -0.2) is 19.3 Å². The number of nitrogens with zero attached hydrogens (tertiary/aromatic N) is 4. The molecule has 166 valence electrons. The molecule has 1 saturated heterocycles. The number of pyridine rings is 1. The molecular weight excluding hydrogens is 419 g/mol. The number of fused-ring (bicyclic) bond motifs is 1. The van der Waals surface area contributed by atoms with Crippen LogP contribution in [-0.2, 0) is 4.79 Å². The number of benzene rings is 2. The summed E-state index contributed by atoms with van der Waals surface area (Å²) in [4.78, 5) is 26.7. The van der Waals surface area contributed by atoms with Crippen molar-refractivity contribution in [2.24, 2.45) is 0 Å². The van der Waals surface area contributed by atoms with E-state index in [9.17, 15) is 9.18 Å². The minimum atomic E-state index is -0.468. The Hall–Kier alpha value is -3.87. The minimum absolute atomic E-state index is 0.0781. The van der Waals surface area contributed by atoms with Gasteiger partial charge in [-0.15, -0.1) is 0 Å².